The molecule has 0 unspecified atom stereocenters. The summed E-state index contributed by atoms with van der Waals surface area (Å²) in [4.78, 5) is 21.3. The summed E-state index contributed by atoms with van der Waals surface area (Å²) in [5, 5.41) is 3.82. The average molecular weight is 328 g/mol. The van der Waals surface area contributed by atoms with Gasteiger partial charge < -0.3 is 14.4 Å². The summed E-state index contributed by atoms with van der Waals surface area (Å²) in [6.45, 7) is 2.15. The van der Waals surface area contributed by atoms with Crippen LogP contribution in [0.5, 0.6) is 0 Å². The number of hydrogen-bond acceptors (Lipinski definition) is 4. The Hall–Kier alpha value is -2.96. The number of aryl methyl sites for hydroxylation is 1. The third-order valence-electron chi connectivity index (χ3n) is 3.68. The Morgan fingerprint density at radius 3 is 2.71 bits per heavy atom. The second-order valence-electron chi connectivity index (χ2n) is 5.41. The molecule has 3 aromatic rings. The van der Waals surface area contributed by atoms with Crippen LogP contribution in [0.25, 0.3) is 11.1 Å². The number of rotatable bonds is 5. The molecule has 124 valence electrons. The Kier molecular flexibility index (Phi) is 4.41. The molecule has 0 fully saturated rings. The SMILES string of the molecule is CCc1noc(CN(C)C(=O)c2c[nH]cc2-c2ccc(F)cc2)n1. The first-order valence-corrected chi connectivity index (χ1v) is 7.58. The van der Waals surface area contributed by atoms with Crippen LogP contribution in [0.4, 0.5) is 4.39 Å². The van der Waals surface area contributed by atoms with Crippen molar-refractivity contribution >= 4 is 5.91 Å². The van der Waals surface area contributed by atoms with Crippen LogP contribution < -0.4 is 0 Å². The van der Waals surface area contributed by atoms with Gasteiger partial charge in [-0.25, -0.2) is 4.39 Å². The molecule has 0 bridgehead atoms. The van der Waals surface area contributed by atoms with Crippen LogP contribution in [0.1, 0.15) is 29.0 Å². The van der Waals surface area contributed by atoms with E-state index in [1.807, 2.05) is 6.92 Å². The van der Waals surface area contributed by atoms with Crippen molar-refractivity contribution in [2.75, 3.05) is 7.05 Å². The van der Waals surface area contributed by atoms with Gasteiger partial charge in [0, 0.05) is 31.4 Å². The van der Waals surface area contributed by atoms with Crippen molar-refractivity contribution in [2.24, 2.45) is 0 Å². The van der Waals surface area contributed by atoms with Gasteiger partial charge in [-0.3, -0.25) is 4.79 Å². The molecule has 0 aliphatic carbocycles. The first kappa shape index (κ1) is 15.9. The fourth-order valence-electron chi connectivity index (χ4n) is 2.39. The van der Waals surface area contributed by atoms with Gasteiger partial charge >= 0.3 is 0 Å². The lowest BCUT2D eigenvalue weighted by Gasteiger charge is -2.15. The minimum atomic E-state index is -0.317. The number of halogens is 1. The van der Waals surface area contributed by atoms with Gasteiger partial charge in [-0.1, -0.05) is 24.2 Å². The molecule has 0 atom stereocenters. The van der Waals surface area contributed by atoms with Crippen molar-refractivity contribution < 1.29 is 13.7 Å². The molecular weight excluding hydrogens is 311 g/mol. The van der Waals surface area contributed by atoms with Crippen LogP contribution in [0.3, 0.4) is 0 Å². The Bertz CT molecular complexity index is 838. The van der Waals surface area contributed by atoms with Crippen molar-refractivity contribution in [3.05, 3.63) is 59.8 Å². The van der Waals surface area contributed by atoms with E-state index in [9.17, 15) is 9.18 Å². The molecule has 1 amide bonds. The van der Waals surface area contributed by atoms with E-state index in [4.69, 9.17) is 4.52 Å². The Morgan fingerprint density at radius 1 is 1.29 bits per heavy atom. The summed E-state index contributed by atoms with van der Waals surface area (Å²) in [5.74, 6) is 0.496. The topological polar surface area (TPSA) is 75.0 Å². The second kappa shape index (κ2) is 6.66. The van der Waals surface area contributed by atoms with E-state index in [2.05, 4.69) is 15.1 Å². The lowest BCUT2D eigenvalue weighted by atomic mass is 10.0. The quantitative estimate of drug-likeness (QED) is 0.781. The number of nitrogens with zero attached hydrogens (tertiary/aromatic N) is 3. The van der Waals surface area contributed by atoms with Gasteiger partial charge in [0.1, 0.15) is 5.82 Å². The second-order valence-corrected chi connectivity index (χ2v) is 5.41. The highest BCUT2D eigenvalue weighted by Crippen LogP contribution is 2.25. The number of aromatic nitrogens is 3. The number of carbonyl (C=O) groups excluding carboxylic acids is 1. The number of carbonyl (C=O) groups is 1. The van der Waals surface area contributed by atoms with E-state index >= 15 is 0 Å². The molecule has 2 aromatic heterocycles. The van der Waals surface area contributed by atoms with Gasteiger partial charge in [0.2, 0.25) is 5.89 Å². The molecule has 0 aliphatic rings. The summed E-state index contributed by atoms with van der Waals surface area (Å²) >= 11 is 0. The van der Waals surface area contributed by atoms with Crippen LogP contribution in [0.15, 0.2) is 41.2 Å². The van der Waals surface area contributed by atoms with Crippen molar-refractivity contribution in [2.45, 2.75) is 19.9 Å². The number of benzene rings is 1. The molecule has 0 saturated carbocycles. The third-order valence-corrected chi connectivity index (χ3v) is 3.68. The molecule has 3 rings (SSSR count). The predicted octanol–water partition coefficient (Wildman–Crippen LogP) is 3.04. The molecule has 1 N–H and O–H groups in total. The summed E-state index contributed by atoms with van der Waals surface area (Å²) in [6, 6.07) is 6.01. The van der Waals surface area contributed by atoms with Crippen LogP contribution >= 0.6 is 0 Å². The van der Waals surface area contributed by atoms with Crippen LogP contribution in [0.2, 0.25) is 0 Å². The fraction of sp³-hybridized carbons (Fsp3) is 0.235. The van der Waals surface area contributed by atoms with E-state index in [1.165, 1.54) is 17.0 Å². The molecule has 7 heteroatoms. The lowest BCUT2D eigenvalue weighted by molar-refractivity contribution is 0.0770. The highest BCUT2D eigenvalue weighted by atomic mass is 19.1. The number of nitrogens with one attached hydrogen (secondary N) is 1. The van der Waals surface area contributed by atoms with Crippen molar-refractivity contribution in [3.63, 3.8) is 0 Å². The summed E-state index contributed by atoms with van der Waals surface area (Å²) in [7, 11) is 1.67. The van der Waals surface area contributed by atoms with E-state index in [0.29, 0.717) is 29.3 Å². The fourth-order valence-corrected chi connectivity index (χ4v) is 2.39. The smallest absolute Gasteiger partial charge is 0.256 e. The first-order chi connectivity index (χ1) is 11.6. The van der Waals surface area contributed by atoms with Crippen molar-refractivity contribution in [1.82, 2.24) is 20.0 Å². The Balaban J connectivity index is 1.80. The first-order valence-electron chi connectivity index (χ1n) is 7.58. The van der Waals surface area contributed by atoms with Gasteiger partial charge in [0.25, 0.3) is 5.91 Å². The molecule has 0 radical (unpaired) electrons. The lowest BCUT2D eigenvalue weighted by Crippen LogP contribution is -2.26. The van der Waals surface area contributed by atoms with E-state index in [1.54, 1.807) is 31.6 Å². The van der Waals surface area contributed by atoms with Crippen LogP contribution in [-0.2, 0) is 13.0 Å². The minimum absolute atomic E-state index is 0.188. The van der Waals surface area contributed by atoms with Crippen LogP contribution in [-0.4, -0.2) is 33.0 Å². The normalized spacial score (nSPS) is 10.8. The number of hydrogen-bond donors (Lipinski definition) is 1. The van der Waals surface area contributed by atoms with Crippen molar-refractivity contribution in [3.8, 4) is 11.1 Å². The molecular formula is C17H17FN4O2. The highest BCUT2D eigenvalue weighted by molar-refractivity contribution is 6.00. The zero-order valence-corrected chi connectivity index (χ0v) is 13.4. The molecule has 1 aromatic carbocycles. The van der Waals surface area contributed by atoms with Gasteiger partial charge in [-0.2, -0.15) is 4.98 Å². The summed E-state index contributed by atoms with van der Waals surface area (Å²) in [5.41, 5.74) is 1.98. The van der Waals surface area contributed by atoms with Crippen LogP contribution in [0, 0.1) is 5.82 Å². The molecule has 2 heterocycles. The van der Waals surface area contributed by atoms with Gasteiger partial charge in [-0.05, 0) is 17.7 Å². The molecule has 0 spiro atoms. The van der Waals surface area contributed by atoms with Gasteiger partial charge in [0.15, 0.2) is 5.82 Å². The van der Waals surface area contributed by atoms with E-state index < -0.39 is 0 Å². The zero-order valence-electron chi connectivity index (χ0n) is 13.4. The molecule has 0 saturated heterocycles. The van der Waals surface area contributed by atoms with Gasteiger partial charge in [0.05, 0.1) is 12.1 Å². The number of aromatic amines is 1. The predicted molar refractivity (Wildman–Crippen MR) is 85.7 cm³/mol. The monoisotopic (exact) mass is 328 g/mol. The maximum absolute atomic E-state index is 13.1. The summed E-state index contributed by atoms with van der Waals surface area (Å²) in [6.07, 6.45) is 4.02. The molecule has 0 aliphatic heterocycles. The number of amides is 1. The largest absolute Gasteiger partial charge is 0.366 e. The highest BCUT2D eigenvalue weighted by Gasteiger charge is 2.20. The molecule has 6 nitrogen and oxygen atoms in total. The van der Waals surface area contributed by atoms with E-state index in [0.717, 1.165) is 5.56 Å². The molecule has 24 heavy (non-hydrogen) atoms. The standard InChI is InChI=1S/C17H17FN4O2/c1-3-15-20-16(24-21-15)10-22(2)17(23)14-9-19-8-13(14)11-4-6-12(18)7-5-11/h4-9,19H,3,10H2,1-2H3. The van der Waals surface area contributed by atoms with Gasteiger partial charge in [-0.15, -0.1) is 0 Å². The third kappa shape index (κ3) is 3.19. The maximum atomic E-state index is 13.1. The minimum Gasteiger partial charge on any atom is -0.366 e. The zero-order chi connectivity index (χ0) is 17.1. The maximum Gasteiger partial charge on any atom is 0.256 e. The van der Waals surface area contributed by atoms with Crippen molar-refractivity contribution in [1.29, 1.82) is 0 Å². The van der Waals surface area contributed by atoms with E-state index in [-0.39, 0.29) is 18.3 Å². The summed E-state index contributed by atoms with van der Waals surface area (Å²) < 4.78 is 18.2. The number of H-pyrrole nitrogens is 1. The average Bonchev–Trinajstić information content (AvgIpc) is 3.24. The Morgan fingerprint density at radius 2 is 2.04 bits per heavy atom. The Labute approximate surface area is 138 Å².